The number of rotatable bonds is 6. The molecule has 0 saturated carbocycles. The Bertz CT molecular complexity index is 726. The van der Waals surface area contributed by atoms with Gasteiger partial charge in [-0.2, -0.15) is 0 Å². The van der Waals surface area contributed by atoms with Crippen LogP contribution in [0, 0.1) is 0 Å². The molecule has 3 rings (SSSR count). The zero-order chi connectivity index (χ0) is 18.5. The molecule has 1 saturated heterocycles. The van der Waals surface area contributed by atoms with Crippen molar-refractivity contribution in [3.63, 3.8) is 0 Å². The predicted molar refractivity (Wildman–Crippen MR) is 103 cm³/mol. The van der Waals surface area contributed by atoms with E-state index in [1.54, 1.807) is 7.11 Å². The molecule has 0 aliphatic carbocycles. The number of hydrazine groups is 1. The Morgan fingerprint density at radius 3 is 2.42 bits per heavy atom. The molecule has 0 spiro atoms. The molecule has 0 radical (unpaired) electrons. The number of nitrogens with one attached hydrogen (secondary N) is 3. The van der Waals surface area contributed by atoms with Crippen LogP contribution in [-0.4, -0.2) is 19.1 Å². The van der Waals surface area contributed by atoms with E-state index in [-0.39, 0.29) is 18.0 Å². The van der Waals surface area contributed by atoms with Crippen molar-refractivity contribution in [1.82, 2.24) is 16.2 Å². The number of hydrogen-bond donors (Lipinski definition) is 3. The van der Waals surface area contributed by atoms with Gasteiger partial charge in [0.1, 0.15) is 11.8 Å². The highest BCUT2D eigenvalue weighted by atomic mass is 16.5. The average molecular weight is 353 g/mol. The molecule has 1 aliphatic heterocycles. The molecule has 1 amide bonds. The number of hydrogen-bond acceptors (Lipinski definition) is 4. The van der Waals surface area contributed by atoms with E-state index in [1.807, 2.05) is 24.3 Å². The summed E-state index contributed by atoms with van der Waals surface area (Å²) in [6.07, 6.45) is 0.713. The van der Waals surface area contributed by atoms with Crippen molar-refractivity contribution in [3.8, 4) is 5.75 Å². The lowest BCUT2D eigenvalue weighted by molar-refractivity contribution is -0.123. The summed E-state index contributed by atoms with van der Waals surface area (Å²) < 4.78 is 5.19. The zero-order valence-corrected chi connectivity index (χ0v) is 15.6. The molecule has 0 bridgehead atoms. The van der Waals surface area contributed by atoms with E-state index in [1.165, 1.54) is 5.56 Å². The predicted octanol–water partition coefficient (Wildman–Crippen LogP) is 3.04. The van der Waals surface area contributed by atoms with Crippen molar-refractivity contribution in [2.45, 2.75) is 44.8 Å². The Labute approximate surface area is 155 Å². The molecule has 138 valence electrons. The van der Waals surface area contributed by atoms with Crippen LogP contribution >= 0.6 is 0 Å². The van der Waals surface area contributed by atoms with Crippen LogP contribution in [0.1, 0.15) is 48.9 Å². The quantitative estimate of drug-likeness (QED) is 0.747. The number of ether oxygens (including phenoxy) is 1. The van der Waals surface area contributed by atoms with E-state index < -0.39 is 0 Å². The van der Waals surface area contributed by atoms with Gasteiger partial charge in [0, 0.05) is 12.6 Å². The van der Waals surface area contributed by atoms with Crippen LogP contribution < -0.4 is 20.9 Å². The molecule has 2 aromatic carbocycles. The zero-order valence-electron chi connectivity index (χ0n) is 15.6. The van der Waals surface area contributed by atoms with Gasteiger partial charge in [0.25, 0.3) is 0 Å². The summed E-state index contributed by atoms with van der Waals surface area (Å²) in [5.41, 5.74) is 9.87. The Morgan fingerprint density at radius 2 is 1.81 bits per heavy atom. The van der Waals surface area contributed by atoms with Crippen LogP contribution in [0.5, 0.6) is 5.75 Å². The minimum Gasteiger partial charge on any atom is -0.497 e. The van der Waals surface area contributed by atoms with Gasteiger partial charge in [0.05, 0.1) is 7.11 Å². The molecular formula is C21H27N3O2. The molecule has 5 nitrogen and oxygen atoms in total. The first-order valence-corrected chi connectivity index (χ1v) is 9.08. The van der Waals surface area contributed by atoms with E-state index in [0.717, 1.165) is 16.9 Å². The summed E-state index contributed by atoms with van der Waals surface area (Å²) in [5.74, 6) is 1.36. The van der Waals surface area contributed by atoms with E-state index in [2.05, 4.69) is 54.3 Å². The summed E-state index contributed by atoms with van der Waals surface area (Å²) in [6.45, 7) is 4.89. The molecule has 2 aromatic rings. The Morgan fingerprint density at radius 1 is 1.12 bits per heavy atom. The van der Waals surface area contributed by atoms with E-state index >= 15 is 0 Å². The van der Waals surface area contributed by atoms with Gasteiger partial charge >= 0.3 is 0 Å². The third-order valence-electron chi connectivity index (χ3n) is 4.85. The first-order chi connectivity index (χ1) is 12.6. The molecule has 0 aromatic heterocycles. The highest BCUT2D eigenvalue weighted by molar-refractivity contribution is 5.82. The molecular weight excluding hydrogens is 326 g/mol. The molecule has 1 aliphatic rings. The lowest BCUT2D eigenvalue weighted by atomic mass is 10.0. The number of methoxy groups -OCH3 is 1. The maximum Gasteiger partial charge on any atom is 0.238 e. The van der Waals surface area contributed by atoms with Crippen molar-refractivity contribution in [1.29, 1.82) is 0 Å². The van der Waals surface area contributed by atoms with Crippen LogP contribution in [0.2, 0.25) is 0 Å². The van der Waals surface area contributed by atoms with Gasteiger partial charge in [-0.25, -0.2) is 10.9 Å². The van der Waals surface area contributed by atoms with E-state index in [0.29, 0.717) is 18.9 Å². The third-order valence-corrected chi connectivity index (χ3v) is 4.85. The van der Waals surface area contributed by atoms with Crippen molar-refractivity contribution in [3.05, 3.63) is 65.2 Å². The van der Waals surface area contributed by atoms with E-state index in [9.17, 15) is 4.79 Å². The Hall–Kier alpha value is -2.37. The fourth-order valence-electron chi connectivity index (χ4n) is 3.12. The van der Waals surface area contributed by atoms with Gasteiger partial charge < -0.3 is 10.1 Å². The first kappa shape index (κ1) is 18.4. The fourth-order valence-corrected chi connectivity index (χ4v) is 3.12. The lowest BCUT2D eigenvalue weighted by Crippen LogP contribution is -2.42. The van der Waals surface area contributed by atoms with Crippen LogP contribution in [0.4, 0.5) is 0 Å². The van der Waals surface area contributed by atoms with Gasteiger partial charge in [0.15, 0.2) is 0 Å². The van der Waals surface area contributed by atoms with E-state index in [4.69, 9.17) is 4.74 Å². The number of amides is 1. The smallest absolute Gasteiger partial charge is 0.238 e. The van der Waals surface area contributed by atoms with Crippen LogP contribution in [0.3, 0.4) is 0 Å². The van der Waals surface area contributed by atoms with Gasteiger partial charge in [-0.1, -0.05) is 50.2 Å². The summed E-state index contributed by atoms with van der Waals surface area (Å²) in [5, 5.41) is 3.02. The summed E-state index contributed by atoms with van der Waals surface area (Å²) in [6, 6.07) is 16.2. The maximum atomic E-state index is 12.4. The molecule has 3 N–H and O–H groups in total. The molecule has 26 heavy (non-hydrogen) atoms. The largest absolute Gasteiger partial charge is 0.497 e. The molecule has 1 fully saturated rings. The number of carbonyl (C=O) groups is 1. The summed E-state index contributed by atoms with van der Waals surface area (Å²) in [4.78, 5) is 12.4. The SMILES string of the molecule is COc1ccc(C2CC(C(=O)NCc3ccc(C(C)C)cc3)NN2)cc1. The molecule has 2 unspecified atom stereocenters. The van der Waals surface area contributed by atoms with Crippen LogP contribution in [0.15, 0.2) is 48.5 Å². The third kappa shape index (κ3) is 4.42. The topological polar surface area (TPSA) is 62.4 Å². The second kappa shape index (κ2) is 8.34. The normalized spacial score (nSPS) is 19.5. The van der Waals surface area contributed by atoms with Gasteiger partial charge in [-0.3, -0.25) is 4.79 Å². The second-order valence-electron chi connectivity index (χ2n) is 7.02. The van der Waals surface area contributed by atoms with Crippen molar-refractivity contribution >= 4 is 5.91 Å². The Kier molecular flexibility index (Phi) is 5.91. The number of benzene rings is 2. The Balaban J connectivity index is 1.51. The first-order valence-electron chi connectivity index (χ1n) is 9.08. The lowest BCUT2D eigenvalue weighted by Gasteiger charge is -2.12. The second-order valence-corrected chi connectivity index (χ2v) is 7.02. The van der Waals surface area contributed by atoms with Crippen LogP contribution in [0.25, 0.3) is 0 Å². The van der Waals surface area contributed by atoms with Crippen molar-refractivity contribution in [2.24, 2.45) is 0 Å². The molecule has 5 heteroatoms. The highest BCUT2D eigenvalue weighted by Gasteiger charge is 2.29. The van der Waals surface area contributed by atoms with Gasteiger partial charge in [-0.05, 0) is 41.2 Å². The number of carbonyl (C=O) groups excluding carboxylic acids is 1. The van der Waals surface area contributed by atoms with Crippen LogP contribution in [-0.2, 0) is 11.3 Å². The summed E-state index contributed by atoms with van der Waals surface area (Å²) >= 11 is 0. The van der Waals surface area contributed by atoms with Crippen molar-refractivity contribution < 1.29 is 9.53 Å². The van der Waals surface area contributed by atoms with Gasteiger partial charge in [-0.15, -0.1) is 0 Å². The maximum absolute atomic E-state index is 12.4. The van der Waals surface area contributed by atoms with Crippen molar-refractivity contribution in [2.75, 3.05) is 7.11 Å². The molecule has 2 atom stereocenters. The minimum atomic E-state index is -0.239. The average Bonchev–Trinajstić information content (AvgIpc) is 3.17. The molecule has 1 heterocycles. The monoisotopic (exact) mass is 353 g/mol. The highest BCUT2D eigenvalue weighted by Crippen LogP contribution is 2.24. The standard InChI is InChI=1S/C21H27N3O2/c1-14(2)16-6-4-15(5-7-16)13-22-21(25)20-12-19(23-24-20)17-8-10-18(26-3)11-9-17/h4-11,14,19-20,23-24H,12-13H2,1-3H3,(H,22,25). The summed E-state index contributed by atoms with van der Waals surface area (Å²) in [7, 11) is 1.65. The minimum absolute atomic E-state index is 0.0152. The fraction of sp³-hybridized carbons (Fsp3) is 0.381. The van der Waals surface area contributed by atoms with Gasteiger partial charge in [0.2, 0.25) is 5.91 Å².